The SMILES string of the molecule is CCCCC1CSC(c2ccc(CC[C@H]3CC[C@H](CCCC)CC3)cc2)SC1. The monoisotopic (exact) mass is 418 g/mol. The van der Waals surface area contributed by atoms with E-state index in [1.165, 1.54) is 88.6 Å². The van der Waals surface area contributed by atoms with Crippen LogP contribution in [0.3, 0.4) is 0 Å². The van der Waals surface area contributed by atoms with Crippen molar-refractivity contribution in [3.05, 3.63) is 35.4 Å². The molecule has 1 saturated carbocycles. The van der Waals surface area contributed by atoms with Gasteiger partial charge in [0.2, 0.25) is 0 Å². The fourth-order valence-corrected chi connectivity index (χ4v) is 8.08. The van der Waals surface area contributed by atoms with Gasteiger partial charge in [-0.3, -0.25) is 0 Å². The van der Waals surface area contributed by atoms with Gasteiger partial charge in [-0.05, 0) is 59.6 Å². The Morgan fingerprint density at radius 2 is 1.25 bits per heavy atom. The molecule has 3 rings (SSSR count). The Balaban J connectivity index is 1.36. The van der Waals surface area contributed by atoms with Crippen molar-refractivity contribution in [1.82, 2.24) is 0 Å². The fourth-order valence-electron chi connectivity index (χ4n) is 4.91. The lowest BCUT2D eigenvalue weighted by atomic mass is 9.78. The Labute approximate surface area is 183 Å². The number of rotatable bonds is 10. The fraction of sp³-hybridized carbons (Fsp3) is 0.769. The lowest BCUT2D eigenvalue weighted by Crippen LogP contribution is -2.15. The topological polar surface area (TPSA) is 0 Å². The van der Waals surface area contributed by atoms with Gasteiger partial charge in [-0.2, -0.15) is 0 Å². The maximum absolute atomic E-state index is 2.42. The average Bonchev–Trinajstić information content (AvgIpc) is 2.76. The number of thioether (sulfide) groups is 2. The number of hydrogen-bond acceptors (Lipinski definition) is 2. The van der Waals surface area contributed by atoms with Gasteiger partial charge >= 0.3 is 0 Å². The zero-order valence-electron chi connectivity index (χ0n) is 18.3. The minimum Gasteiger partial charge on any atom is -0.142 e. The van der Waals surface area contributed by atoms with E-state index in [2.05, 4.69) is 61.6 Å². The van der Waals surface area contributed by atoms with Crippen LogP contribution in [-0.2, 0) is 6.42 Å². The van der Waals surface area contributed by atoms with Gasteiger partial charge in [0.05, 0.1) is 4.58 Å². The number of benzene rings is 1. The molecule has 0 nitrogen and oxygen atoms in total. The molecule has 1 saturated heterocycles. The van der Waals surface area contributed by atoms with E-state index >= 15 is 0 Å². The van der Waals surface area contributed by atoms with E-state index in [0.717, 1.165) is 17.8 Å². The Morgan fingerprint density at radius 3 is 1.82 bits per heavy atom. The average molecular weight is 419 g/mol. The summed E-state index contributed by atoms with van der Waals surface area (Å²) in [6, 6.07) is 9.70. The number of aryl methyl sites for hydroxylation is 1. The third-order valence-electron chi connectivity index (χ3n) is 6.96. The highest BCUT2D eigenvalue weighted by molar-refractivity contribution is 8.16. The Bertz CT molecular complexity index is 522. The zero-order valence-corrected chi connectivity index (χ0v) is 20.0. The predicted octanol–water partition coefficient (Wildman–Crippen LogP) is 8.90. The Morgan fingerprint density at radius 1 is 0.714 bits per heavy atom. The second kappa shape index (κ2) is 12.6. The van der Waals surface area contributed by atoms with Crippen LogP contribution in [0.2, 0.25) is 0 Å². The molecule has 1 aliphatic carbocycles. The highest BCUT2D eigenvalue weighted by atomic mass is 32.2. The number of unbranched alkanes of at least 4 members (excludes halogenated alkanes) is 2. The third-order valence-corrected chi connectivity index (χ3v) is 10.3. The summed E-state index contributed by atoms with van der Waals surface area (Å²) in [5.41, 5.74) is 3.10. The molecular weight excluding hydrogens is 376 g/mol. The minimum atomic E-state index is 0.672. The molecule has 2 heteroatoms. The van der Waals surface area contributed by atoms with E-state index in [-0.39, 0.29) is 0 Å². The van der Waals surface area contributed by atoms with Gasteiger partial charge in [0, 0.05) is 0 Å². The van der Waals surface area contributed by atoms with Crippen LogP contribution in [0.4, 0.5) is 0 Å². The first-order chi connectivity index (χ1) is 13.8. The van der Waals surface area contributed by atoms with Crippen molar-refractivity contribution in [3.8, 4) is 0 Å². The van der Waals surface area contributed by atoms with Gasteiger partial charge in [-0.1, -0.05) is 95.9 Å². The molecule has 0 N–H and O–H groups in total. The zero-order chi connectivity index (χ0) is 19.6. The van der Waals surface area contributed by atoms with Crippen LogP contribution in [-0.4, -0.2) is 11.5 Å². The molecule has 1 aromatic rings. The highest BCUT2D eigenvalue weighted by Crippen LogP contribution is 2.46. The lowest BCUT2D eigenvalue weighted by Gasteiger charge is -2.29. The first-order valence-corrected chi connectivity index (χ1v) is 14.2. The lowest BCUT2D eigenvalue weighted by molar-refractivity contribution is 0.250. The first-order valence-electron chi connectivity index (χ1n) is 12.1. The van der Waals surface area contributed by atoms with Gasteiger partial charge in [-0.15, -0.1) is 23.5 Å². The largest absolute Gasteiger partial charge is 0.142 e. The van der Waals surface area contributed by atoms with E-state index in [9.17, 15) is 0 Å². The molecular formula is C26H42S2. The van der Waals surface area contributed by atoms with Crippen LogP contribution in [0.15, 0.2) is 24.3 Å². The van der Waals surface area contributed by atoms with E-state index in [0.29, 0.717) is 4.58 Å². The van der Waals surface area contributed by atoms with Crippen LogP contribution >= 0.6 is 23.5 Å². The van der Waals surface area contributed by atoms with Crippen LogP contribution in [0.1, 0.15) is 100 Å². The van der Waals surface area contributed by atoms with E-state index in [1.807, 2.05) is 0 Å². The van der Waals surface area contributed by atoms with Crippen molar-refractivity contribution in [2.45, 2.75) is 95.5 Å². The molecule has 1 aromatic carbocycles. The van der Waals surface area contributed by atoms with Gasteiger partial charge < -0.3 is 0 Å². The van der Waals surface area contributed by atoms with Gasteiger partial charge in [0.25, 0.3) is 0 Å². The molecule has 2 aliphatic rings. The maximum Gasteiger partial charge on any atom is 0.0751 e. The van der Waals surface area contributed by atoms with Gasteiger partial charge in [0.15, 0.2) is 0 Å². The van der Waals surface area contributed by atoms with E-state index in [1.54, 1.807) is 11.1 Å². The van der Waals surface area contributed by atoms with Crippen molar-refractivity contribution in [2.24, 2.45) is 17.8 Å². The smallest absolute Gasteiger partial charge is 0.0751 e. The van der Waals surface area contributed by atoms with Crippen molar-refractivity contribution in [2.75, 3.05) is 11.5 Å². The molecule has 1 heterocycles. The van der Waals surface area contributed by atoms with Gasteiger partial charge in [0.1, 0.15) is 0 Å². The minimum absolute atomic E-state index is 0.672. The summed E-state index contributed by atoms with van der Waals surface area (Å²) in [6.07, 6.45) is 17.2. The standard InChI is InChI=1S/C26H42S2/c1-3-5-7-21-9-11-22(12-10-21)13-14-23-15-17-25(18-16-23)26-27-19-24(20-28-26)8-6-4-2/h15-18,21-22,24,26H,3-14,19-20H2,1-2H3/t21-,22-,24?,26?. The predicted molar refractivity (Wildman–Crippen MR) is 130 cm³/mol. The van der Waals surface area contributed by atoms with Crippen LogP contribution < -0.4 is 0 Å². The molecule has 158 valence electrons. The second-order valence-electron chi connectivity index (χ2n) is 9.32. The van der Waals surface area contributed by atoms with Crippen molar-refractivity contribution >= 4 is 23.5 Å². The molecule has 0 radical (unpaired) electrons. The Hall–Kier alpha value is -0.0800. The van der Waals surface area contributed by atoms with Crippen LogP contribution in [0.5, 0.6) is 0 Å². The highest BCUT2D eigenvalue weighted by Gasteiger charge is 2.23. The van der Waals surface area contributed by atoms with Crippen LogP contribution in [0, 0.1) is 17.8 Å². The molecule has 2 fully saturated rings. The van der Waals surface area contributed by atoms with E-state index < -0.39 is 0 Å². The number of hydrogen-bond donors (Lipinski definition) is 0. The molecule has 0 aromatic heterocycles. The molecule has 1 aliphatic heterocycles. The van der Waals surface area contributed by atoms with Crippen molar-refractivity contribution in [3.63, 3.8) is 0 Å². The quantitative estimate of drug-likeness (QED) is 0.372. The van der Waals surface area contributed by atoms with Crippen molar-refractivity contribution in [1.29, 1.82) is 0 Å². The summed E-state index contributed by atoms with van der Waals surface area (Å²) in [7, 11) is 0. The van der Waals surface area contributed by atoms with Gasteiger partial charge in [-0.25, -0.2) is 0 Å². The maximum atomic E-state index is 2.42. The summed E-state index contributed by atoms with van der Waals surface area (Å²) >= 11 is 4.37. The third kappa shape index (κ3) is 7.31. The summed E-state index contributed by atoms with van der Waals surface area (Å²) in [5, 5.41) is 0. The first kappa shape index (κ1) is 22.6. The van der Waals surface area contributed by atoms with Crippen molar-refractivity contribution < 1.29 is 0 Å². The molecule has 28 heavy (non-hydrogen) atoms. The molecule has 0 atom stereocenters. The molecule has 0 unspecified atom stereocenters. The summed E-state index contributed by atoms with van der Waals surface area (Å²) < 4.78 is 0.672. The summed E-state index contributed by atoms with van der Waals surface area (Å²) in [5.74, 6) is 5.70. The molecule has 0 amide bonds. The normalized spacial score (nSPS) is 28.4. The van der Waals surface area contributed by atoms with E-state index in [4.69, 9.17) is 0 Å². The Kier molecular flexibility index (Phi) is 10.2. The molecule has 0 bridgehead atoms. The molecule has 0 spiro atoms. The van der Waals surface area contributed by atoms with Crippen LogP contribution in [0.25, 0.3) is 0 Å². The summed E-state index contributed by atoms with van der Waals surface area (Å²) in [4.78, 5) is 0. The summed E-state index contributed by atoms with van der Waals surface area (Å²) in [6.45, 7) is 4.64. The second-order valence-corrected chi connectivity index (χ2v) is 11.9.